The van der Waals surface area contributed by atoms with Crippen LogP contribution in [-0.4, -0.2) is 35.0 Å². The first kappa shape index (κ1) is 15.0. The summed E-state index contributed by atoms with van der Waals surface area (Å²) in [6, 6.07) is 0. The maximum absolute atomic E-state index is 12.1. The molecule has 4 nitrogen and oxygen atoms in total. The predicted octanol–water partition coefficient (Wildman–Crippen LogP) is 3.15. The summed E-state index contributed by atoms with van der Waals surface area (Å²) < 4.78 is 5.41. The monoisotopic (exact) mass is 255 g/mol. The van der Waals surface area contributed by atoms with E-state index in [-0.39, 0.29) is 11.6 Å². The van der Waals surface area contributed by atoms with E-state index in [9.17, 15) is 9.59 Å². The molecule has 0 bridgehead atoms. The van der Waals surface area contributed by atoms with E-state index in [1.165, 1.54) is 0 Å². The first-order valence-electron chi connectivity index (χ1n) is 6.69. The van der Waals surface area contributed by atoms with Gasteiger partial charge in [0.1, 0.15) is 11.4 Å². The molecule has 0 atom stereocenters. The lowest BCUT2D eigenvalue weighted by molar-refractivity contribution is -0.123. The molecule has 1 aliphatic carbocycles. The minimum Gasteiger partial charge on any atom is -0.444 e. The molecule has 1 aliphatic rings. The summed E-state index contributed by atoms with van der Waals surface area (Å²) in [5.74, 6) is 0.302. The first-order valence-corrected chi connectivity index (χ1v) is 6.69. The molecule has 0 aliphatic heterocycles. The quantitative estimate of drug-likeness (QED) is 0.761. The van der Waals surface area contributed by atoms with Gasteiger partial charge in [0.15, 0.2) is 0 Å². The predicted molar refractivity (Wildman–Crippen MR) is 70.5 cm³/mol. The zero-order valence-electron chi connectivity index (χ0n) is 12.2. The van der Waals surface area contributed by atoms with Crippen molar-refractivity contribution >= 4 is 11.9 Å². The molecule has 0 aromatic heterocycles. The number of hydrogen-bond acceptors (Lipinski definition) is 3. The van der Waals surface area contributed by atoms with E-state index < -0.39 is 5.60 Å². The van der Waals surface area contributed by atoms with Crippen molar-refractivity contribution < 1.29 is 14.3 Å². The fourth-order valence-corrected chi connectivity index (χ4v) is 2.44. The van der Waals surface area contributed by atoms with Crippen LogP contribution in [0.25, 0.3) is 0 Å². The average molecular weight is 255 g/mol. The fourth-order valence-electron chi connectivity index (χ4n) is 2.44. The Kier molecular flexibility index (Phi) is 4.41. The van der Waals surface area contributed by atoms with E-state index in [4.69, 9.17) is 4.74 Å². The number of rotatable bonds is 2. The maximum Gasteiger partial charge on any atom is 0.410 e. The third-order valence-corrected chi connectivity index (χ3v) is 3.78. The van der Waals surface area contributed by atoms with Gasteiger partial charge < -0.3 is 9.64 Å². The number of carbonyl (C=O) groups is 2. The van der Waals surface area contributed by atoms with E-state index in [1.54, 1.807) is 11.9 Å². The van der Waals surface area contributed by atoms with Crippen molar-refractivity contribution in [1.82, 2.24) is 4.90 Å². The number of ketones is 1. The molecule has 0 aromatic carbocycles. The number of carbonyl (C=O) groups excluding carboxylic acids is 2. The Morgan fingerprint density at radius 1 is 1.33 bits per heavy atom. The Morgan fingerprint density at radius 2 is 1.83 bits per heavy atom. The lowest BCUT2D eigenvalue weighted by Gasteiger charge is -2.43. The van der Waals surface area contributed by atoms with Gasteiger partial charge in [0, 0.05) is 25.4 Å². The molecule has 1 saturated carbocycles. The van der Waals surface area contributed by atoms with Crippen molar-refractivity contribution in [2.24, 2.45) is 0 Å². The van der Waals surface area contributed by atoms with E-state index in [2.05, 4.69) is 6.92 Å². The molecule has 0 heterocycles. The Balaban J connectivity index is 2.76. The van der Waals surface area contributed by atoms with Crippen LogP contribution in [0.5, 0.6) is 0 Å². The van der Waals surface area contributed by atoms with Gasteiger partial charge in [0.05, 0.1) is 0 Å². The average Bonchev–Trinajstić information content (AvgIpc) is 2.27. The van der Waals surface area contributed by atoms with Crippen molar-refractivity contribution in [3.05, 3.63) is 0 Å². The summed E-state index contributed by atoms with van der Waals surface area (Å²) in [4.78, 5) is 25.2. The zero-order valence-corrected chi connectivity index (χ0v) is 12.2. The number of Topliss-reactive ketones (excluding diaryl/α,β-unsaturated/α-hetero) is 1. The molecule has 1 fully saturated rings. The van der Waals surface area contributed by atoms with Gasteiger partial charge in [-0.1, -0.05) is 6.92 Å². The van der Waals surface area contributed by atoms with Crippen LogP contribution in [0.2, 0.25) is 0 Å². The minimum absolute atomic E-state index is 0.212. The maximum atomic E-state index is 12.1. The second kappa shape index (κ2) is 5.29. The summed E-state index contributed by atoms with van der Waals surface area (Å²) in [7, 11) is 1.79. The lowest BCUT2D eigenvalue weighted by atomic mass is 9.78. The van der Waals surface area contributed by atoms with Gasteiger partial charge in [-0.25, -0.2) is 4.79 Å². The highest BCUT2D eigenvalue weighted by Crippen LogP contribution is 2.35. The van der Waals surface area contributed by atoms with Crippen LogP contribution in [0.1, 0.15) is 59.8 Å². The molecule has 0 radical (unpaired) electrons. The Bertz CT molecular complexity index is 320. The third-order valence-electron chi connectivity index (χ3n) is 3.78. The van der Waals surface area contributed by atoms with E-state index >= 15 is 0 Å². The highest BCUT2D eigenvalue weighted by molar-refractivity contribution is 5.80. The molecule has 0 unspecified atom stereocenters. The van der Waals surface area contributed by atoms with Gasteiger partial charge >= 0.3 is 6.09 Å². The fraction of sp³-hybridized carbons (Fsp3) is 0.857. The van der Waals surface area contributed by atoms with Crippen LogP contribution in [0, 0.1) is 0 Å². The molecule has 104 valence electrons. The van der Waals surface area contributed by atoms with Crippen molar-refractivity contribution in [2.45, 2.75) is 70.9 Å². The number of hydrogen-bond donors (Lipinski definition) is 0. The van der Waals surface area contributed by atoms with Crippen molar-refractivity contribution in [3.8, 4) is 0 Å². The van der Waals surface area contributed by atoms with E-state index in [0.717, 1.165) is 19.3 Å². The van der Waals surface area contributed by atoms with Crippen molar-refractivity contribution in [1.29, 1.82) is 0 Å². The Hall–Kier alpha value is -1.06. The molecule has 0 saturated heterocycles. The van der Waals surface area contributed by atoms with Gasteiger partial charge in [-0.05, 0) is 40.0 Å². The number of ether oxygens (including phenoxy) is 1. The van der Waals surface area contributed by atoms with Crippen LogP contribution < -0.4 is 0 Å². The highest BCUT2D eigenvalue weighted by atomic mass is 16.6. The molecular weight excluding hydrogens is 230 g/mol. The molecule has 1 amide bonds. The summed E-state index contributed by atoms with van der Waals surface area (Å²) in [5.41, 5.74) is -0.693. The Labute approximate surface area is 110 Å². The van der Waals surface area contributed by atoms with Crippen LogP contribution in [0.4, 0.5) is 4.79 Å². The zero-order chi connectivity index (χ0) is 14.0. The molecule has 0 spiro atoms. The molecule has 1 rings (SSSR count). The van der Waals surface area contributed by atoms with Gasteiger partial charge in [0.25, 0.3) is 0 Å². The smallest absolute Gasteiger partial charge is 0.410 e. The molecule has 0 N–H and O–H groups in total. The minimum atomic E-state index is -0.481. The second-order valence-corrected chi connectivity index (χ2v) is 6.16. The van der Waals surface area contributed by atoms with E-state index in [1.807, 2.05) is 20.8 Å². The second-order valence-electron chi connectivity index (χ2n) is 6.16. The van der Waals surface area contributed by atoms with Gasteiger partial charge in [-0.3, -0.25) is 4.79 Å². The van der Waals surface area contributed by atoms with Crippen LogP contribution >= 0.6 is 0 Å². The van der Waals surface area contributed by atoms with Gasteiger partial charge in [-0.2, -0.15) is 0 Å². The molecule has 4 heteroatoms. The van der Waals surface area contributed by atoms with Crippen molar-refractivity contribution in [2.75, 3.05) is 7.05 Å². The molecule has 0 aromatic rings. The number of nitrogens with zero attached hydrogens (tertiary/aromatic N) is 1. The number of amides is 1. The molecular formula is C14H25NO3. The van der Waals surface area contributed by atoms with Crippen molar-refractivity contribution in [3.63, 3.8) is 0 Å². The highest BCUT2D eigenvalue weighted by Gasteiger charge is 2.40. The SMILES string of the molecule is CCC1(N(C)C(=O)OC(C)(C)C)CCC(=O)CC1. The van der Waals surface area contributed by atoms with Crippen LogP contribution in [0.15, 0.2) is 0 Å². The topological polar surface area (TPSA) is 46.6 Å². The normalized spacial score (nSPS) is 19.5. The summed E-state index contributed by atoms with van der Waals surface area (Å²) in [6.07, 6.45) is 3.20. The van der Waals surface area contributed by atoms with E-state index in [0.29, 0.717) is 18.6 Å². The van der Waals surface area contributed by atoms with Crippen LogP contribution in [-0.2, 0) is 9.53 Å². The first-order chi connectivity index (χ1) is 8.20. The molecule has 18 heavy (non-hydrogen) atoms. The summed E-state index contributed by atoms with van der Waals surface area (Å²) in [5, 5.41) is 0. The standard InChI is InChI=1S/C14H25NO3/c1-6-14(9-7-11(16)8-10-14)15(5)12(17)18-13(2,3)4/h6-10H2,1-5H3. The largest absolute Gasteiger partial charge is 0.444 e. The van der Waals surface area contributed by atoms with Crippen LogP contribution in [0.3, 0.4) is 0 Å². The summed E-state index contributed by atoms with van der Waals surface area (Å²) in [6.45, 7) is 7.65. The Morgan fingerprint density at radius 3 is 2.22 bits per heavy atom. The third kappa shape index (κ3) is 3.47. The van der Waals surface area contributed by atoms with Gasteiger partial charge in [0.2, 0.25) is 0 Å². The van der Waals surface area contributed by atoms with Gasteiger partial charge in [-0.15, -0.1) is 0 Å². The lowest BCUT2D eigenvalue weighted by Crippen LogP contribution is -2.52. The summed E-state index contributed by atoms with van der Waals surface area (Å²) >= 11 is 0.